The van der Waals surface area contributed by atoms with Gasteiger partial charge in [0.05, 0.1) is 6.42 Å². The highest BCUT2D eigenvalue weighted by Crippen LogP contribution is 2.18. The second kappa shape index (κ2) is 65.4. The van der Waals surface area contributed by atoms with Crippen molar-refractivity contribution in [1.29, 1.82) is 0 Å². The molecule has 0 amide bonds. The van der Waals surface area contributed by atoms with E-state index < -0.39 is 12.1 Å². The molecule has 0 aromatic carbocycles. The van der Waals surface area contributed by atoms with E-state index in [1.165, 1.54) is 218 Å². The van der Waals surface area contributed by atoms with Crippen LogP contribution in [0.4, 0.5) is 0 Å². The topological polar surface area (TPSA) is 78.9 Å². The van der Waals surface area contributed by atoms with Gasteiger partial charge in [-0.25, -0.2) is 0 Å². The fourth-order valence-corrected chi connectivity index (χ4v) is 9.75. The minimum absolute atomic E-state index is 0.0976. The number of esters is 3. The highest BCUT2D eigenvalue weighted by atomic mass is 16.6. The molecule has 0 saturated carbocycles. The van der Waals surface area contributed by atoms with Crippen molar-refractivity contribution in [3.05, 3.63) is 72.9 Å². The van der Waals surface area contributed by atoms with Gasteiger partial charge in [0.2, 0.25) is 0 Å². The molecule has 0 heterocycles. The predicted octanol–water partition coefficient (Wildman–Crippen LogP) is 22.9. The second-order valence-corrected chi connectivity index (χ2v) is 22.4. The predicted molar refractivity (Wildman–Crippen MR) is 335 cm³/mol. The Morgan fingerprint density at radius 1 is 0.286 bits per heavy atom. The quantitative estimate of drug-likeness (QED) is 0.0261. The van der Waals surface area contributed by atoms with Gasteiger partial charge < -0.3 is 14.2 Å². The first-order valence-corrected chi connectivity index (χ1v) is 33.4. The molecule has 0 aliphatic heterocycles. The molecule has 77 heavy (non-hydrogen) atoms. The van der Waals surface area contributed by atoms with Crippen LogP contribution in [0.25, 0.3) is 0 Å². The zero-order chi connectivity index (χ0) is 55.7. The van der Waals surface area contributed by atoms with Crippen molar-refractivity contribution in [1.82, 2.24) is 0 Å². The lowest BCUT2D eigenvalue weighted by molar-refractivity contribution is -0.166. The SMILES string of the molecule is CC/C=C\C/C=C\C/C=C\C/C=C\C/C=C\CC(=O)OC(COC(=O)CCCCCCC/C=C\CCCCCC)COC(=O)CCCCCCCCCCCCCCCCCCCCCCCCCCCCCCCCC. The van der Waals surface area contributed by atoms with Crippen LogP contribution < -0.4 is 0 Å². The average molecular weight is 1080 g/mol. The third-order valence-corrected chi connectivity index (χ3v) is 14.7. The smallest absolute Gasteiger partial charge is 0.310 e. The summed E-state index contributed by atoms with van der Waals surface area (Å²) >= 11 is 0. The minimum atomic E-state index is -0.832. The molecule has 0 aliphatic rings. The zero-order valence-corrected chi connectivity index (χ0v) is 51.2. The number of hydrogen-bond acceptors (Lipinski definition) is 6. The molecule has 0 aromatic heterocycles. The number of carbonyl (C=O) groups excluding carboxylic acids is 3. The molecule has 0 aliphatic carbocycles. The van der Waals surface area contributed by atoms with Crippen LogP contribution in [-0.4, -0.2) is 37.2 Å². The van der Waals surface area contributed by atoms with Crippen molar-refractivity contribution < 1.29 is 28.6 Å². The van der Waals surface area contributed by atoms with Crippen molar-refractivity contribution >= 4 is 17.9 Å². The minimum Gasteiger partial charge on any atom is -0.462 e. The van der Waals surface area contributed by atoms with Crippen molar-refractivity contribution in [2.75, 3.05) is 13.2 Å². The number of unbranched alkanes of at least 4 members (excludes halogenated alkanes) is 39. The summed E-state index contributed by atoms with van der Waals surface area (Å²) in [7, 11) is 0. The monoisotopic (exact) mass is 1070 g/mol. The molecule has 0 bridgehead atoms. The van der Waals surface area contributed by atoms with Gasteiger partial charge in [0, 0.05) is 12.8 Å². The fraction of sp³-hybridized carbons (Fsp3) is 0.789. The average Bonchev–Trinajstić information content (AvgIpc) is 3.43. The normalized spacial score (nSPS) is 12.5. The maximum absolute atomic E-state index is 12.8. The third-order valence-electron chi connectivity index (χ3n) is 14.7. The van der Waals surface area contributed by atoms with Crippen LogP contribution in [0.5, 0.6) is 0 Å². The second-order valence-electron chi connectivity index (χ2n) is 22.4. The number of rotatable bonds is 61. The van der Waals surface area contributed by atoms with Gasteiger partial charge in [-0.2, -0.15) is 0 Å². The Hall–Kier alpha value is -3.15. The summed E-state index contributed by atoms with van der Waals surface area (Å²) < 4.78 is 16.8. The Kier molecular flexibility index (Phi) is 62.7. The largest absolute Gasteiger partial charge is 0.462 e. The number of allylic oxidation sites excluding steroid dienone is 11. The maximum atomic E-state index is 12.8. The number of hydrogen-bond donors (Lipinski definition) is 0. The van der Waals surface area contributed by atoms with Gasteiger partial charge in [-0.05, 0) is 70.6 Å². The zero-order valence-electron chi connectivity index (χ0n) is 51.2. The summed E-state index contributed by atoms with van der Waals surface area (Å²) in [6.07, 6.45) is 85.5. The van der Waals surface area contributed by atoms with E-state index in [1.54, 1.807) is 6.08 Å². The molecule has 0 fully saturated rings. The molecule has 0 radical (unpaired) electrons. The molecule has 0 aromatic rings. The lowest BCUT2D eigenvalue weighted by Gasteiger charge is -2.18. The number of carbonyl (C=O) groups is 3. The Morgan fingerprint density at radius 2 is 0.545 bits per heavy atom. The van der Waals surface area contributed by atoms with Crippen molar-refractivity contribution in [3.63, 3.8) is 0 Å². The van der Waals surface area contributed by atoms with Crippen LogP contribution in [-0.2, 0) is 28.6 Å². The first kappa shape index (κ1) is 73.8. The van der Waals surface area contributed by atoms with Crippen molar-refractivity contribution in [3.8, 4) is 0 Å². The third kappa shape index (κ3) is 63.6. The van der Waals surface area contributed by atoms with Gasteiger partial charge in [-0.15, -0.1) is 0 Å². The maximum Gasteiger partial charge on any atom is 0.310 e. The van der Waals surface area contributed by atoms with Gasteiger partial charge in [0.1, 0.15) is 13.2 Å². The summed E-state index contributed by atoms with van der Waals surface area (Å²) in [5.74, 6) is -1.04. The Labute approximate surface area is 478 Å². The van der Waals surface area contributed by atoms with Crippen LogP contribution in [0.15, 0.2) is 72.9 Å². The van der Waals surface area contributed by atoms with E-state index in [9.17, 15) is 14.4 Å². The highest BCUT2D eigenvalue weighted by molar-refractivity contribution is 5.72. The first-order chi connectivity index (χ1) is 38.0. The van der Waals surface area contributed by atoms with E-state index in [0.29, 0.717) is 12.8 Å². The molecule has 1 atom stereocenters. The van der Waals surface area contributed by atoms with Crippen LogP contribution in [0.1, 0.15) is 342 Å². The van der Waals surface area contributed by atoms with Crippen molar-refractivity contribution in [2.45, 2.75) is 348 Å². The molecule has 0 saturated heterocycles. The molecule has 1 unspecified atom stereocenters. The van der Waals surface area contributed by atoms with Gasteiger partial charge in [-0.1, -0.05) is 325 Å². The van der Waals surface area contributed by atoms with Crippen LogP contribution >= 0.6 is 0 Å². The van der Waals surface area contributed by atoms with E-state index in [-0.39, 0.29) is 31.6 Å². The van der Waals surface area contributed by atoms with E-state index in [0.717, 1.165) is 83.5 Å². The molecule has 0 spiro atoms. The summed E-state index contributed by atoms with van der Waals surface area (Å²) in [5.41, 5.74) is 0. The summed E-state index contributed by atoms with van der Waals surface area (Å²) in [6.45, 7) is 6.46. The molecular weight excluding hydrogens is 949 g/mol. The van der Waals surface area contributed by atoms with Crippen LogP contribution in [0.2, 0.25) is 0 Å². The molecular formula is C71H126O6. The molecule has 6 nitrogen and oxygen atoms in total. The molecule has 446 valence electrons. The molecule has 0 rings (SSSR count). The van der Waals surface area contributed by atoms with E-state index in [1.807, 2.05) is 6.08 Å². The van der Waals surface area contributed by atoms with Gasteiger partial charge in [0.25, 0.3) is 0 Å². The number of ether oxygens (including phenoxy) is 3. The van der Waals surface area contributed by atoms with Crippen LogP contribution in [0.3, 0.4) is 0 Å². The standard InChI is InChI=1S/C71H126O6/c1-4-7-10-13-16-19-22-25-27-28-29-30-31-32-33-34-35-36-37-38-39-40-41-42-44-46-49-52-55-58-61-64-70(73)76-67-68(66-75-69(72)63-60-57-54-51-48-45-24-21-18-15-12-9-6-3)77-71(74)65-62-59-56-53-50-47-43-26-23-20-17-14-11-8-5-2/h8,11,17,20-21,24,26,43,50,53,59,62,68H,4-7,9-10,12-16,18-19,22-23,25,27-42,44-49,51-52,54-58,60-61,63-67H2,1-3H3/b11-8-,20-17-,24-21-,43-26-,53-50-,62-59-. The van der Waals surface area contributed by atoms with E-state index in [2.05, 4.69) is 81.5 Å². The summed E-state index contributed by atoms with van der Waals surface area (Å²) in [4.78, 5) is 38.2. The van der Waals surface area contributed by atoms with Crippen LogP contribution in [0, 0.1) is 0 Å². The first-order valence-electron chi connectivity index (χ1n) is 33.4. The Balaban J connectivity index is 4.18. The van der Waals surface area contributed by atoms with E-state index in [4.69, 9.17) is 14.2 Å². The molecule has 0 N–H and O–H groups in total. The molecule has 6 heteroatoms. The van der Waals surface area contributed by atoms with Crippen molar-refractivity contribution in [2.24, 2.45) is 0 Å². The summed E-state index contributed by atoms with van der Waals surface area (Å²) in [6, 6.07) is 0. The Morgan fingerprint density at radius 3 is 0.857 bits per heavy atom. The summed E-state index contributed by atoms with van der Waals surface area (Å²) in [5, 5.41) is 0. The van der Waals surface area contributed by atoms with E-state index >= 15 is 0 Å². The Bertz CT molecular complexity index is 1420. The van der Waals surface area contributed by atoms with Gasteiger partial charge in [0.15, 0.2) is 6.10 Å². The lowest BCUT2D eigenvalue weighted by atomic mass is 10.0. The lowest BCUT2D eigenvalue weighted by Crippen LogP contribution is -2.30. The van der Waals surface area contributed by atoms with Gasteiger partial charge in [-0.3, -0.25) is 14.4 Å². The fourth-order valence-electron chi connectivity index (χ4n) is 9.75. The van der Waals surface area contributed by atoms with Gasteiger partial charge >= 0.3 is 17.9 Å². The highest BCUT2D eigenvalue weighted by Gasteiger charge is 2.19.